The van der Waals surface area contributed by atoms with Crippen molar-refractivity contribution in [3.05, 3.63) is 59.7 Å². The first-order valence-electron chi connectivity index (χ1n) is 19.3. The van der Waals surface area contributed by atoms with E-state index in [9.17, 15) is 23.8 Å². The molecule has 0 aliphatic carbocycles. The van der Waals surface area contributed by atoms with E-state index in [0.717, 1.165) is 18.8 Å². The monoisotopic (exact) mass is 795 g/mol. The zero-order valence-electron chi connectivity index (χ0n) is 35.4. The lowest BCUT2D eigenvalue weighted by Gasteiger charge is -2.26. The molecule has 0 spiro atoms. The molecule has 1 saturated heterocycles. The highest BCUT2D eigenvalue weighted by molar-refractivity contribution is 8.24. The largest absolute Gasteiger partial charge is 0.449 e. The Kier molecular flexibility index (Phi) is 27.6. The maximum Gasteiger partial charge on any atom is 0.355 e. The Morgan fingerprint density at radius 1 is 0.942 bits per heavy atom. The van der Waals surface area contributed by atoms with Crippen LogP contribution < -0.4 is 0 Å². The van der Waals surface area contributed by atoms with E-state index >= 15 is 0 Å². The second-order valence-corrected chi connectivity index (χ2v) is 18.1. The van der Waals surface area contributed by atoms with Gasteiger partial charge in [0.05, 0.1) is 32.8 Å². The molecule has 1 aliphatic rings. The second kappa shape index (κ2) is 28.3. The number of carbonyl (C=O) groups excluding carboxylic acids is 1. The van der Waals surface area contributed by atoms with Crippen molar-refractivity contribution in [2.75, 3.05) is 0 Å². The molecule has 1 aromatic carbocycles. The molecule has 1 aromatic rings. The summed E-state index contributed by atoms with van der Waals surface area (Å²) in [5.74, 6) is -0.824. The predicted molar refractivity (Wildman–Crippen MR) is 223 cm³/mol. The summed E-state index contributed by atoms with van der Waals surface area (Å²) in [6.45, 7) is 27.3. The molecule has 11 heteroatoms. The molecule has 1 fully saturated rings. The average molecular weight is 796 g/mol. The van der Waals surface area contributed by atoms with Crippen LogP contribution in [-0.4, -0.2) is 53.8 Å². The van der Waals surface area contributed by atoms with Crippen molar-refractivity contribution in [1.82, 2.24) is 0 Å². The van der Waals surface area contributed by atoms with Gasteiger partial charge in [-0.25, -0.2) is 13.6 Å². The third-order valence-electron chi connectivity index (χ3n) is 8.47. The minimum Gasteiger partial charge on any atom is -0.449 e. The lowest BCUT2D eigenvalue weighted by molar-refractivity contribution is -0.149. The van der Waals surface area contributed by atoms with Gasteiger partial charge in [-0.2, -0.15) is 0 Å². The van der Waals surface area contributed by atoms with Crippen LogP contribution in [-0.2, 0) is 26.0 Å². The lowest BCUT2D eigenvalue weighted by Crippen LogP contribution is -2.41. The van der Waals surface area contributed by atoms with Crippen LogP contribution in [0, 0.1) is 35.5 Å². The van der Waals surface area contributed by atoms with Gasteiger partial charge in [-0.15, -0.1) is 0 Å². The molecule has 0 saturated carbocycles. The number of halogens is 2. The summed E-state index contributed by atoms with van der Waals surface area (Å²) in [6.07, 6.45) is 1.47. The van der Waals surface area contributed by atoms with Gasteiger partial charge in [0, 0.05) is 5.92 Å². The zero-order valence-corrected chi connectivity index (χ0v) is 37.3. The van der Waals surface area contributed by atoms with E-state index in [1.807, 2.05) is 48.5 Å². The van der Waals surface area contributed by atoms with Crippen LogP contribution in [0.2, 0.25) is 0 Å². The maximum absolute atomic E-state index is 14.7. The molecule has 1 heterocycles. The summed E-state index contributed by atoms with van der Waals surface area (Å²) in [5.41, 5.74) is 0.259. The van der Waals surface area contributed by atoms with E-state index in [-0.39, 0.29) is 53.7 Å². The van der Waals surface area contributed by atoms with Gasteiger partial charge < -0.3 is 24.4 Å². The third-order valence-corrected chi connectivity index (χ3v) is 8.47. The van der Waals surface area contributed by atoms with Crippen molar-refractivity contribution < 1.29 is 38.0 Å². The predicted octanol–water partition coefficient (Wildman–Crippen LogP) is 11.5. The third kappa shape index (κ3) is 22.3. The van der Waals surface area contributed by atoms with E-state index < -0.39 is 42.9 Å². The maximum atomic E-state index is 14.7. The number of hydrogen-bond acceptors (Lipinski definition) is 7. The number of rotatable bonds is 15. The highest BCUT2D eigenvalue weighted by Crippen LogP contribution is 2.37. The Balaban J connectivity index is 0. The van der Waals surface area contributed by atoms with Crippen molar-refractivity contribution in [2.24, 2.45) is 35.5 Å². The fourth-order valence-corrected chi connectivity index (χ4v) is 4.80. The highest BCUT2D eigenvalue weighted by atomic mass is 32.6. The number of hydrogen-bond donors (Lipinski definition) is 2. The summed E-state index contributed by atoms with van der Waals surface area (Å²) in [6, 6.07) is 8.18. The molecule has 10 atom stereocenters. The van der Waals surface area contributed by atoms with Crippen LogP contribution in [0.15, 0.2) is 54.1 Å². The van der Waals surface area contributed by atoms with E-state index in [0.29, 0.717) is 12.3 Å². The first kappa shape index (κ1) is 50.8. The van der Waals surface area contributed by atoms with Crippen molar-refractivity contribution in [1.29, 1.82) is 1.28 Å². The Labute approximate surface area is 326 Å². The van der Waals surface area contributed by atoms with Gasteiger partial charge in [-0.1, -0.05) is 114 Å². The molecule has 0 radical (unpaired) electrons. The topological polar surface area (TPSA) is 85.2 Å². The van der Waals surface area contributed by atoms with Crippen molar-refractivity contribution in [3.8, 4) is 0 Å². The quantitative estimate of drug-likeness (QED) is 0.135. The summed E-state index contributed by atoms with van der Waals surface area (Å²) < 4.78 is 52.7. The molecule has 2 rings (SSSR count). The summed E-state index contributed by atoms with van der Waals surface area (Å²) in [7, 11) is 2.20. The Morgan fingerprint density at radius 2 is 1.40 bits per heavy atom. The Morgan fingerprint density at radius 3 is 1.83 bits per heavy atom. The summed E-state index contributed by atoms with van der Waals surface area (Å²) in [5, 5.41) is 20.3. The number of allylic oxidation sites excluding steroid dienone is 2. The first-order valence-corrected chi connectivity index (χ1v) is 22.4. The number of ether oxygens (including phenoxy) is 3. The molecule has 52 heavy (non-hydrogen) atoms. The van der Waals surface area contributed by atoms with E-state index in [1.165, 1.54) is 6.08 Å². The minimum atomic E-state index is -1.53. The second-order valence-electron chi connectivity index (χ2n) is 15.4. The van der Waals surface area contributed by atoms with Crippen LogP contribution in [0.5, 0.6) is 0 Å². The molecular weight excluding hydrogens is 720 g/mol. The van der Waals surface area contributed by atoms with Crippen LogP contribution in [0.1, 0.15) is 133 Å². The van der Waals surface area contributed by atoms with Crippen LogP contribution in [0.3, 0.4) is 0 Å². The van der Waals surface area contributed by atoms with Gasteiger partial charge in [0.15, 0.2) is 30.7 Å². The number of carbonyl (C=O) groups is 1. The minimum absolute atomic E-state index is 0.0153. The van der Waals surface area contributed by atoms with Gasteiger partial charge >= 0.3 is 7.25 Å². The van der Waals surface area contributed by atoms with E-state index in [4.69, 9.17) is 15.5 Å². The number of aliphatic hydroxyl groups is 2. The summed E-state index contributed by atoms with van der Waals surface area (Å²) >= 11 is 4.31. The van der Waals surface area contributed by atoms with Crippen molar-refractivity contribution >= 4 is 33.7 Å². The first-order chi connectivity index (χ1) is 24.4. The van der Waals surface area contributed by atoms with Crippen molar-refractivity contribution in [3.63, 3.8) is 0 Å². The van der Waals surface area contributed by atoms with Crippen LogP contribution >= 0.6 is 15.9 Å². The molecular formula is C41H73F2O6P2S+. The SMILES string of the molecule is CC(C)C.CCC[C@@H](O)[C@@H](O)C(OC(=O)c1ccccc1)/C(F)=C\[C@H](C)C(C)C.CCC[C@@H]1OC(C)(C)O[C@@H]1C(C)/C(F)=C\[C@@H](C)C(C)C.[3H][P+](P)=S. The summed E-state index contributed by atoms with van der Waals surface area (Å²) in [4.78, 5) is 12.3. The van der Waals surface area contributed by atoms with Gasteiger partial charge in [0.2, 0.25) is 0 Å². The smallest absolute Gasteiger partial charge is 0.355 e. The Bertz CT molecular complexity index is 1210. The molecule has 2 N–H and O–H groups in total. The molecule has 0 amide bonds. The fraction of sp³-hybridized carbons (Fsp3) is 0.732. The van der Waals surface area contributed by atoms with Gasteiger partial charge in [0.25, 0.3) is 0 Å². The van der Waals surface area contributed by atoms with Crippen molar-refractivity contribution in [2.45, 2.75) is 159 Å². The number of benzene rings is 1. The van der Waals surface area contributed by atoms with Gasteiger partial charge in [0.1, 0.15) is 17.8 Å². The fourth-order valence-electron chi connectivity index (χ4n) is 4.80. The molecule has 0 aromatic heterocycles. The van der Waals surface area contributed by atoms with Crippen LogP contribution in [0.4, 0.5) is 8.78 Å². The molecule has 302 valence electrons. The Hall–Kier alpha value is -1.18. The standard InChI is InChI=1S/C20H29FO4.C17H31FO2.C4H10.H2P2S/c1-5-9-17(22)18(23)19(16(21)12-14(4)13(2)3)25-20(24)15-10-7-6-8-11-15;1-8-9-15-16(20-17(6,7)19-15)13(5)14(18)10-12(4)11(2)3;1-4(2)3;1-2-3/h6-8,10-14,17-19,22-23H,5,9H2,1-4H3;10-13,15-16H,8-9H2,1-7H3;4H,1-3H3;1H2/p+1/b16-12+;14-10+;;/t14-,17+,18+,19?;12-,13?,15+,16-;;/m01../s1/i/hT. The molecule has 1 aliphatic heterocycles. The lowest BCUT2D eigenvalue weighted by atomic mass is 9.91. The number of aliphatic hydroxyl groups excluding tert-OH is 2. The van der Waals surface area contributed by atoms with Crippen LogP contribution in [0.25, 0.3) is 0 Å². The van der Waals surface area contributed by atoms with E-state index in [2.05, 4.69) is 69.2 Å². The van der Waals surface area contributed by atoms with Gasteiger partial charge in [-0.3, -0.25) is 0 Å². The highest BCUT2D eigenvalue weighted by Gasteiger charge is 2.44. The average Bonchev–Trinajstić information content (AvgIpc) is 3.36. The molecule has 4 unspecified atom stereocenters. The van der Waals surface area contributed by atoms with Gasteiger partial charge in [-0.05, 0) is 80.6 Å². The molecule has 0 bridgehead atoms. The number of esters is 1. The van der Waals surface area contributed by atoms with E-state index in [1.54, 1.807) is 36.4 Å². The normalized spacial score (nSPS) is 21.2. The molecule has 6 nitrogen and oxygen atoms in total. The zero-order chi connectivity index (χ0) is 41.6.